The third kappa shape index (κ3) is 3.81. The molecule has 2 heterocycles. The van der Waals surface area contributed by atoms with E-state index in [0.717, 1.165) is 42.9 Å². The van der Waals surface area contributed by atoms with E-state index < -0.39 is 0 Å². The molecule has 0 aromatic heterocycles. The molecule has 0 N–H and O–H groups in total. The molecule has 4 heteroatoms. The van der Waals surface area contributed by atoms with Crippen molar-refractivity contribution in [1.82, 2.24) is 0 Å². The Balaban J connectivity index is 1.46. The van der Waals surface area contributed by atoms with Gasteiger partial charge in [-0.05, 0) is 50.8 Å². The van der Waals surface area contributed by atoms with Gasteiger partial charge < -0.3 is 18.9 Å². The zero-order chi connectivity index (χ0) is 16.3. The van der Waals surface area contributed by atoms with E-state index in [4.69, 9.17) is 18.9 Å². The number of allylic oxidation sites excluding steroid dienone is 1. The Kier molecular flexibility index (Phi) is 4.81. The van der Waals surface area contributed by atoms with Crippen LogP contribution in [0, 0.1) is 0 Å². The highest BCUT2D eigenvalue weighted by Crippen LogP contribution is 2.42. The third-order valence-electron chi connectivity index (χ3n) is 4.89. The van der Waals surface area contributed by atoms with E-state index in [1.165, 1.54) is 5.57 Å². The second kappa shape index (κ2) is 6.83. The first-order chi connectivity index (χ1) is 11.1. The van der Waals surface area contributed by atoms with Crippen molar-refractivity contribution in [2.45, 2.75) is 58.2 Å². The van der Waals surface area contributed by atoms with Crippen molar-refractivity contribution in [3.8, 4) is 17.2 Å². The molecule has 2 atom stereocenters. The van der Waals surface area contributed by atoms with Gasteiger partial charge in [-0.15, -0.1) is 0 Å². The molecule has 2 unspecified atom stereocenters. The first-order valence-corrected chi connectivity index (χ1v) is 8.52. The monoisotopic (exact) mass is 318 g/mol. The topological polar surface area (TPSA) is 40.2 Å². The molecule has 0 aliphatic carbocycles. The first-order valence-electron chi connectivity index (χ1n) is 8.52. The van der Waals surface area contributed by atoms with E-state index in [-0.39, 0.29) is 5.60 Å². The van der Waals surface area contributed by atoms with Gasteiger partial charge in [-0.3, -0.25) is 0 Å². The Morgan fingerprint density at radius 3 is 2.87 bits per heavy atom. The normalized spacial score (nSPS) is 25.5. The largest absolute Gasteiger partial charge is 0.489 e. The molecule has 3 rings (SSSR count). The van der Waals surface area contributed by atoms with Crippen LogP contribution in [0.5, 0.6) is 17.2 Å². The molecule has 2 aliphatic rings. The predicted octanol–water partition coefficient (Wildman–Crippen LogP) is 4.48. The quantitative estimate of drug-likeness (QED) is 0.523. The number of fused-ring (bicyclic) bond motifs is 1. The van der Waals surface area contributed by atoms with Crippen molar-refractivity contribution < 1.29 is 18.9 Å². The van der Waals surface area contributed by atoms with Crippen LogP contribution in [0.4, 0.5) is 0 Å². The summed E-state index contributed by atoms with van der Waals surface area (Å²) >= 11 is 0. The second-order valence-electron chi connectivity index (χ2n) is 6.35. The van der Waals surface area contributed by atoms with Gasteiger partial charge in [-0.25, -0.2) is 0 Å². The van der Waals surface area contributed by atoms with Gasteiger partial charge >= 0.3 is 0 Å². The molecule has 2 aliphatic heterocycles. The molecule has 1 aromatic rings. The molecular formula is C19H26O4. The van der Waals surface area contributed by atoms with Crippen LogP contribution < -0.4 is 14.2 Å². The zero-order valence-electron chi connectivity index (χ0n) is 14.3. The highest BCUT2D eigenvalue weighted by molar-refractivity contribution is 5.46. The fourth-order valence-corrected chi connectivity index (χ4v) is 2.93. The molecular weight excluding hydrogens is 292 g/mol. The van der Waals surface area contributed by atoms with Crippen LogP contribution in [0.25, 0.3) is 0 Å². The number of benzene rings is 1. The maximum atomic E-state index is 5.80. The maximum absolute atomic E-state index is 5.80. The minimum atomic E-state index is 0.127. The molecule has 126 valence electrons. The van der Waals surface area contributed by atoms with Gasteiger partial charge in [0.15, 0.2) is 11.5 Å². The Hall–Kier alpha value is -1.68. The average Bonchev–Trinajstić information content (AvgIpc) is 3.01. The molecule has 0 amide bonds. The summed E-state index contributed by atoms with van der Waals surface area (Å²) < 4.78 is 22.2. The maximum Gasteiger partial charge on any atom is 0.231 e. The third-order valence-corrected chi connectivity index (χ3v) is 4.89. The molecule has 1 fully saturated rings. The second-order valence-corrected chi connectivity index (χ2v) is 6.35. The zero-order valence-corrected chi connectivity index (χ0v) is 14.3. The van der Waals surface area contributed by atoms with Crippen LogP contribution in [-0.2, 0) is 4.74 Å². The van der Waals surface area contributed by atoms with Crippen LogP contribution >= 0.6 is 0 Å². The highest BCUT2D eigenvalue weighted by atomic mass is 16.7. The average molecular weight is 318 g/mol. The van der Waals surface area contributed by atoms with Crippen molar-refractivity contribution in [3.05, 3.63) is 29.8 Å². The van der Waals surface area contributed by atoms with Crippen LogP contribution in [0.15, 0.2) is 29.8 Å². The fourth-order valence-electron chi connectivity index (χ4n) is 2.93. The van der Waals surface area contributed by atoms with E-state index in [9.17, 15) is 0 Å². The number of epoxide rings is 1. The summed E-state index contributed by atoms with van der Waals surface area (Å²) in [6.45, 7) is 7.46. The van der Waals surface area contributed by atoms with Gasteiger partial charge in [0.25, 0.3) is 0 Å². The summed E-state index contributed by atoms with van der Waals surface area (Å²) in [7, 11) is 0. The lowest BCUT2D eigenvalue weighted by molar-refractivity contribution is 0.174. The van der Waals surface area contributed by atoms with Crippen molar-refractivity contribution >= 4 is 0 Å². The molecule has 0 bridgehead atoms. The minimum Gasteiger partial charge on any atom is -0.489 e. The number of rotatable bonds is 8. The van der Waals surface area contributed by atoms with Gasteiger partial charge in [-0.2, -0.15) is 0 Å². The predicted molar refractivity (Wildman–Crippen MR) is 89.2 cm³/mol. The van der Waals surface area contributed by atoms with E-state index in [1.807, 2.05) is 18.2 Å². The summed E-state index contributed by atoms with van der Waals surface area (Å²) in [5.74, 6) is 2.35. The lowest BCUT2D eigenvalue weighted by Gasteiger charge is -2.07. The number of hydrogen-bond donors (Lipinski definition) is 0. The molecule has 23 heavy (non-hydrogen) atoms. The Bertz CT molecular complexity index is 581. The number of hydrogen-bond acceptors (Lipinski definition) is 4. The molecule has 1 aromatic carbocycles. The van der Waals surface area contributed by atoms with E-state index >= 15 is 0 Å². The van der Waals surface area contributed by atoms with Crippen molar-refractivity contribution in [1.29, 1.82) is 0 Å². The Labute approximate surface area is 138 Å². The van der Waals surface area contributed by atoms with Crippen LogP contribution in [0.2, 0.25) is 0 Å². The molecule has 0 radical (unpaired) electrons. The first kappa shape index (κ1) is 16.2. The van der Waals surface area contributed by atoms with Gasteiger partial charge in [0.1, 0.15) is 12.4 Å². The van der Waals surface area contributed by atoms with Gasteiger partial charge in [0, 0.05) is 6.07 Å². The molecule has 1 saturated heterocycles. The van der Waals surface area contributed by atoms with Crippen LogP contribution in [0.3, 0.4) is 0 Å². The van der Waals surface area contributed by atoms with Crippen LogP contribution in [0.1, 0.15) is 46.5 Å². The standard InChI is InChI=1S/C19H26O4/c1-4-14(6-9-18-19(3,5-2)23-18)10-11-20-15-7-8-16-17(12-15)22-13-21-16/h7-8,10,12,18H,4-6,9,11,13H2,1-3H3. The van der Waals surface area contributed by atoms with E-state index in [1.54, 1.807) is 0 Å². The lowest BCUT2D eigenvalue weighted by atomic mass is 9.98. The fraction of sp³-hybridized carbons (Fsp3) is 0.579. The molecule has 0 saturated carbocycles. The lowest BCUT2D eigenvalue weighted by Crippen LogP contribution is -2.07. The minimum absolute atomic E-state index is 0.127. The van der Waals surface area contributed by atoms with E-state index in [0.29, 0.717) is 19.5 Å². The van der Waals surface area contributed by atoms with Crippen molar-refractivity contribution in [2.75, 3.05) is 13.4 Å². The SMILES string of the molecule is CCC(=CCOc1ccc2c(c1)OCO2)CCC1OC1(C)CC. The Morgan fingerprint density at radius 2 is 2.13 bits per heavy atom. The highest BCUT2D eigenvalue weighted by Gasteiger charge is 2.49. The van der Waals surface area contributed by atoms with Gasteiger partial charge in [-0.1, -0.05) is 19.4 Å². The summed E-state index contributed by atoms with van der Waals surface area (Å²) in [4.78, 5) is 0. The van der Waals surface area contributed by atoms with Gasteiger partial charge in [0.05, 0.1) is 11.7 Å². The Morgan fingerprint density at radius 1 is 1.30 bits per heavy atom. The summed E-state index contributed by atoms with van der Waals surface area (Å²) in [5, 5.41) is 0. The molecule has 4 nitrogen and oxygen atoms in total. The molecule has 0 spiro atoms. The summed E-state index contributed by atoms with van der Waals surface area (Å²) in [6, 6.07) is 5.68. The number of ether oxygens (including phenoxy) is 4. The summed E-state index contributed by atoms with van der Waals surface area (Å²) in [5.41, 5.74) is 1.56. The smallest absolute Gasteiger partial charge is 0.231 e. The van der Waals surface area contributed by atoms with Crippen molar-refractivity contribution in [3.63, 3.8) is 0 Å². The van der Waals surface area contributed by atoms with Crippen molar-refractivity contribution in [2.24, 2.45) is 0 Å². The van der Waals surface area contributed by atoms with Crippen LogP contribution in [-0.4, -0.2) is 25.1 Å². The van der Waals surface area contributed by atoms with Gasteiger partial charge in [0.2, 0.25) is 6.79 Å². The van der Waals surface area contributed by atoms with E-state index in [2.05, 4.69) is 26.8 Å². The summed E-state index contributed by atoms with van der Waals surface area (Å²) in [6.07, 6.45) is 6.96.